The predicted molar refractivity (Wildman–Crippen MR) is 133 cm³/mol. The average Bonchev–Trinajstić information content (AvgIpc) is 3.37. The zero-order valence-corrected chi connectivity index (χ0v) is 19.5. The molecule has 1 heterocycles. The first-order valence-electron chi connectivity index (χ1n) is 11.1. The van der Waals surface area contributed by atoms with Gasteiger partial charge in [0.2, 0.25) is 0 Å². The number of rotatable bonds is 9. The van der Waals surface area contributed by atoms with Crippen LogP contribution in [0.4, 0.5) is 0 Å². The van der Waals surface area contributed by atoms with Crippen molar-refractivity contribution in [3.63, 3.8) is 0 Å². The molecule has 7 nitrogen and oxygen atoms in total. The van der Waals surface area contributed by atoms with E-state index in [1.165, 1.54) is 0 Å². The third kappa shape index (κ3) is 5.26. The van der Waals surface area contributed by atoms with Crippen LogP contribution in [0.3, 0.4) is 0 Å². The monoisotopic (exact) mass is 470 g/mol. The molecule has 35 heavy (non-hydrogen) atoms. The normalized spacial score (nSPS) is 10.6. The number of nitrogens with one attached hydrogen (secondary N) is 2. The summed E-state index contributed by atoms with van der Waals surface area (Å²) in [4.78, 5) is 28.2. The lowest BCUT2D eigenvalue weighted by Crippen LogP contribution is -2.18. The van der Waals surface area contributed by atoms with Gasteiger partial charge in [0.25, 0.3) is 5.91 Å². The zero-order valence-electron chi connectivity index (χ0n) is 19.5. The molecule has 0 bridgehead atoms. The topological polar surface area (TPSA) is 101 Å². The molecule has 0 aliphatic rings. The Morgan fingerprint density at radius 3 is 2.23 bits per heavy atom. The number of carbonyl (C=O) groups is 2. The van der Waals surface area contributed by atoms with Crippen LogP contribution >= 0.6 is 0 Å². The zero-order chi connectivity index (χ0) is 24.8. The molecule has 4 rings (SSSR count). The molecule has 178 valence electrons. The van der Waals surface area contributed by atoms with Crippen LogP contribution in [-0.4, -0.2) is 36.1 Å². The van der Waals surface area contributed by atoms with Crippen molar-refractivity contribution in [2.75, 3.05) is 14.2 Å². The molecule has 0 fully saturated rings. The fourth-order valence-electron chi connectivity index (χ4n) is 3.95. The lowest BCUT2D eigenvalue weighted by molar-refractivity contribution is 0.0706. The van der Waals surface area contributed by atoms with E-state index in [2.05, 4.69) is 4.98 Å². The number of benzene rings is 3. The van der Waals surface area contributed by atoms with E-state index in [1.807, 2.05) is 54.6 Å². The van der Waals surface area contributed by atoms with E-state index in [4.69, 9.17) is 14.7 Å². The Kier molecular flexibility index (Phi) is 7.28. The first kappa shape index (κ1) is 23.8. The maximum Gasteiger partial charge on any atom is 0.274 e. The molecule has 4 aromatic rings. The quantitative estimate of drug-likeness (QED) is 0.175. The Morgan fingerprint density at radius 1 is 0.857 bits per heavy atom. The molecule has 7 heteroatoms. The lowest BCUT2D eigenvalue weighted by Gasteiger charge is -2.10. The van der Waals surface area contributed by atoms with Gasteiger partial charge in [-0.3, -0.25) is 14.8 Å². The number of ether oxygens (including phenoxy) is 2. The van der Waals surface area contributed by atoms with Gasteiger partial charge in [-0.1, -0.05) is 48.5 Å². The second-order valence-corrected chi connectivity index (χ2v) is 7.97. The summed E-state index contributed by atoms with van der Waals surface area (Å²) in [6.07, 6.45) is 0.783. The van der Waals surface area contributed by atoms with Gasteiger partial charge < -0.3 is 14.5 Å². The molecular formula is C28H26N2O5. The lowest BCUT2D eigenvalue weighted by atomic mass is 9.99. The SMILES string of the molecule is COc1ccc(-c2cc(-c3ccccc3)[nH]c2C(=O)CCc2ccc(C(=O)NO)cc2)cc1OC. The number of hydrogen-bond donors (Lipinski definition) is 3. The van der Waals surface area contributed by atoms with Gasteiger partial charge >= 0.3 is 0 Å². The Morgan fingerprint density at radius 2 is 1.57 bits per heavy atom. The van der Waals surface area contributed by atoms with Crippen molar-refractivity contribution in [1.82, 2.24) is 10.5 Å². The number of aromatic amines is 1. The Hall–Kier alpha value is -4.36. The smallest absolute Gasteiger partial charge is 0.274 e. The summed E-state index contributed by atoms with van der Waals surface area (Å²) in [6.45, 7) is 0. The van der Waals surface area contributed by atoms with Gasteiger partial charge in [0.05, 0.1) is 19.9 Å². The molecule has 0 atom stereocenters. The molecule has 0 unspecified atom stereocenters. The molecule has 3 aromatic carbocycles. The third-order valence-electron chi connectivity index (χ3n) is 5.83. The summed E-state index contributed by atoms with van der Waals surface area (Å²) in [6, 6.07) is 24.2. The summed E-state index contributed by atoms with van der Waals surface area (Å²) in [7, 11) is 3.16. The maximum absolute atomic E-state index is 13.4. The van der Waals surface area contributed by atoms with Crippen molar-refractivity contribution in [2.24, 2.45) is 0 Å². The maximum atomic E-state index is 13.4. The predicted octanol–water partition coefficient (Wildman–Crippen LogP) is 5.30. The Balaban J connectivity index is 1.64. The minimum atomic E-state index is -0.577. The van der Waals surface area contributed by atoms with Gasteiger partial charge in [-0.15, -0.1) is 0 Å². The summed E-state index contributed by atoms with van der Waals surface area (Å²) in [5, 5.41) is 8.76. The summed E-state index contributed by atoms with van der Waals surface area (Å²) < 4.78 is 10.8. The van der Waals surface area contributed by atoms with Crippen molar-refractivity contribution < 1.29 is 24.3 Å². The first-order valence-corrected chi connectivity index (χ1v) is 11.1. The fraction of sp³-hybridized carbons (Fsp3) is 0.143. The van der Waals surface area contributed by atoms with E-state index in [-0.39, 0.29) is 12.2 Å². The van der Waals surface area contributed by atoms with Crippen LogP contribution in [0, 0.1) is 0 Å². The van der Waals surface area contributed by atoms with E-state index in [0.29, 0.717) is 29.2 Å². The molecule has 0 aliphatic carbocycles. The Labute approximate surface area is 203 Å². The minimum Gasteiger partial charge on any atom is -0.493 e. The van der Waals surface area contributed by atoms with E-state index in [0.717, 1.165) is 27.9 Å². The minimum absolute atomic E-state index is 0.0332. The highest BCUT2D eigenvalue weighted by Crippen LogP contribution is 2.36. The van der Waals surface area contributed by atoms with Crippen LogP contribution in [0.25, 0.3) is 22.4 Å². The molecule has 0 aliphatic heterocycles. The van der Waals surface area contributed by atoms with E-state index >= 15 is 0 Å². The highest BCUT2D eigenvalue weighted by Gasteiger charge is 2.19. The highest BCUT2D eigenvalue weighted by molar-refractivity contribution is 6.02. The molecule has 1 amide bonds. The standard InChI is InChI=1S/C28H26N2O5/c1-34-25-15-13-21(16-26(25)35-2)22-17-23(19-6-4-3-5-7-19)29-27(22)24(31)14-10-18-8-11-20(12-9-18)28(32)30-33/h3-9,11-13,15-17,29,33H,10,14H2,1-2H3,(H,30,32). The number of H-pyrrole nitrogens is 1. The summed E-state index contributed by atoms with van der Waals surface area (Å²) >= 11 is 0. The van der Waals surface area contributed by atoms with Crippen LogP contribution in [-0.2, 0) is 6.42 Å². The third-order valence-corrected chi connectivity index (χ3v) is 5.83. The van der Waals surface area contributed by atoms with Gasteiger partial charge in [0, 0.05) is 23.2 Å². The summed E-state index contributed by atoms with van der Waals surface area (Å²) in [5.41, 5.74) is 6.83. The van der Waals surface area contributed by atoms with Crippen molar-refractivity contribution in [2.45, 2.75) is 12.8 Å². The number of aryl methyl sites for hydroxylation is 1. The van der Waals surface area contributed by atoms with Crippen molar-refractivity contribution in [1.29, 1.82) is 0 Å². The average molecular weight is 471 g/mol. The van der Waals surface area contributed by atoms with Crippen LogP contribution < -0.4 is 15.0 Å². The number of methoxy groups -OCH3 is 2. The van der Waals surface area contributed by atoms with Crippen LogP contribution in [0.15, 0.2) is 78.9 Å². The Bertz CT molecular complexity index is 1330. The molecule has 0 radical (unpaired) electrons. The van der Waals surface area contributed by atoms with Crippen LogP contribution in [0.1, 0.15) is 32.8 Å². The molecule has 3 N–H and O–H groups in total. The van der Waals surface area contributed by atoms with Gasteiger partial charge in [-0.2, -0.15) is 0 Å². The van der Waals surface area contributed by atoms with Gasteiger partial charge in [-0.05, 0) is 53.4 Å². The first-order chi connectivity index (χ1) is 17.0. The van der Waals surface area contributed by atoms with Gasteiger partial charge in [-0.25, -0.2) is 5.48 Å². The van der Waals surface area contributed by atoms with Crippen LogP contribution in [0.5, 0.6) is 11.5 Å². The van der Waals surface area contributed by atoms with Crippen molar-refractivity contribution in [3.8, 4) is 33.9 Å². The number of ketones is 1. The number of Topliss-reactive ketones (excluding diaryl/α,β-unsaturated/α-hetero) is 1. The second kappa shape index (κ2) is 10.7. The number of aromatic nitrogens is 1. The van der Waals surface area contributed by atoms with Crippen LogP contribution in [0.2, 0.25) is 0 Å². The van der Waals surface area contributed by atoms with Gasteiger partial charge in [0.1, 0.15) is 0 Å². The fourth-order valence-corrected chi connectivity index (χ4v) is 3.95. The number of hydroxylamine groups is 1. The van der Waals surface area contributed by atoms with E-state index in [9.17, 15) is 9.59 Å². The van der Waals surface area contributed by atoms with E-state index in [1.54, 1.807) is 44.0 Å². The number of hydrogen-bond acceptors (Lipinski definition) is 5. The number of amides is 1. The molecule has 0 saturated carbocycles. The van der Waals surface area contributed by atoms with E-state index < -0.39 is 5.91 Å². The molecule has 0 spiro atoms. The molecule has 1 aromatic heterocycles. The van der Waals surface area contributed by atoms with Crippen molar-refractivity contribution in [3.05, 3.63) is 95.7 Å². The van der Waals surface area contributed by atoms with Crippen molar-refractivity contribution >= 4 is 11.7 Å². The second-order valence-electron chi connectivity index (χ2n) is 7.97. The number of carbonyl (C=O) groups excluding carboxylic acids is 2. The molecular weight excluding hydrogens is 444 g/mol. The largest absolute Gasteiger partial charge is 0.493 e. The van der Waals surface area contributed by atoms with Gasteiger partial charge in [0.15, 0.2) is 17.3 Å². The molecule has 0 saturated heterocycles. The highest BCUT2D eigenvalue weighted by atomic mass is 16.5. The summed E-state index contributed by atoms with van der Waals surface area (Å²) in [5.74, 6) is 0.584.